The third kappa shape index (κ3) is 4.13. The molecule has 0 aliphatic heterocycles. The van der Waals surface area contributed by atoms with Gasteiger partial charge < -0.3 is 9.73 Å². The van der Waals surface area contributed by atoms with Crippen LogP contribution in [0.1, 0.15) is 32.4 Å². The van der Waals surface area contributed by atoms with Gasteiger partial charge in [0.1, 0.15) is 5.76 Å². The average molecular weight is 181 g/mol. The molecule has 1 N–H and O–H groups in total. The average Bonchev–Trinajstić information content (AvgIpc) is 2.64. The smallest absolute Gasteiger partial charge is 0.117 e. The van der Waals surface area contributed by atoms with Crippen molar-refractivity contribution in [3.05, 3.63) is 24.2 Å². The fourth-order valence-corrected chi connectivity index (χ4v) is 1.18. The largest absolute Gasteiger partial charge is 0.468 e. The molecule has 0 aliphatic carbocycles. The normalized spacial score (nSPS) is 13.1. The number of nitrogens with one attached hydrogen (secondary N) is 1. The van der Waals surface area contributed by atoms with Crippen molar-refractivity contribution in [2.24, 2.45) is 5.92 Å². The summed E-state index contributed by atoms with van der Waals surface area (Å²) in [7, 11) is 0. The van der Waals surface area contributed by atoms with Crippen LogP contribution in [0.3, 0.4) is 0 Å². The van der Waals surface area contributed by atoms with Crippen molar-refractivity contribution in [2.45, 2.75) is 33.2 Å². The Balaban J connectivity index is 2.02. The molecule has 1 aromatic rings. The molecular formula is C11H19NO. The van der Waals surface area contributed by atoms with Gasteiger partial charge in [-0.05, 0) is 31.0 Å². The Morgan fingerprint density at radius 1 is 1.54 bits per heavy atom. The lowest BCUT2D eigenvalue weighted by molar-refractivity contribution is 0.452. The molecule has 0 spiro atoms. The maximum Gasteiger partial charge on any atom is 0.117 e. The summed E-state index contributed by atoms with van der Waals surface area (Å²) in [6, 6.07) is 3.92. The van der Waals surface area contributed by atoms with Crippen LogP contribution in [0.4, 0.5) is 0 Å². The summed E-state index contributed by atoms with van der Waals surface area (Å²) in [5.74, 6) is 1.84. The predicted octanol–water partition coefficient (Wildman–Crippen LogP) is 2.81. The summed E-state index contributed by atoms with van der Waals surface area (Å²) in [6.07, 6.45) is 4.23. The maximum atomic E-state index is 5.20. The second kappa shape index (κ2) is 5.81. The van der Waals surface area contributed by atoms with Crippen LogP contribution in [0.2, 0.25) is 0 Å². The van der Waals surface area contributed by atoms with Crippen LogP contribution >= 0.6 is 0 Å². The summed E-state index contributed by atoms with van der Waals surface area (Å²) in [5.41, 5.74) is 0. The van der Waals surface area contributed by atoms with Crippen LogP contribution in [-0.2, 0) is 6.54 Å². The number of furan rings is 1. The molecule has 1 heterocycles. The Morgan fingerprint density at radius 2 is 2.38 bits per heavy atom. The SMILES string of the molecule is CCC(C)CCNCc1ccco1. The van der Waals surface area contributed by atoms with Crippen molar-refractivity contribution in [3.63, 3.8) is 0 Å². The minimum Gasteiger partial charge on any atom is -0.468 e. The monoisotopic (exact) mass is 181 g/mol. The van der Waals surface area contributed by atoms with Gasteiger partial charge in [0, 0.05) is 0 Å². The minimum absolute atomic E-state index is 0.823. The Kier molecular flexibility index (Phi) is 4.61. The topological polar surface area (TPSA) is 25.2 Å². The molecule has 0 bridgehead atoms. The molecule has 1 rings (SSSR count). The van der Waals surface area contributed by atoms with Gasteiger partial charge >= 0.3 is 0 Å². The third-order valence-corrected chi connectivity index (χ3v) is 2.39. The van der Waals surface area contributed by atoms with Gasteiger partial charge in [-0.25, -0.2) is 0 Å². The molecule has 0 fully saturated rings. The van der Waals surface area contributed by atoms with Crippen molar-refractivity contribution in [3.8, 4) is 0 Å². The zero-order valence-electron chi connectivity index (χ0n) is 8.55. The third-order valence-electron chi connectivity index (χ3n) is 2.39. The van der Waals surface area contributed by atoms with E-state index in [9.17, 15) is 0 Å². The van der Waals surface area contributed by atoms with E-state index in [1.165, 1.54) is 12.8 Å². The highest BCUT2D eigenvalue weighted by Gasteiger charge is 1.98. The highest BCUT2D eigenvalue weighted by molar-refractivity contribution is 4.97. The van der Waals surface area contributed by atoms with Crippen LogP contribution in [0.5, 0.6) is 0 Å². The van der Waals surface area contributed by atoms with E-state index in [0.717, 1.165) is 24.8 Å². The molecule has 2 nitrogen and oxygen atoms in total. The van der Waals surface area contributed by atoms with Crippen LogP contribution in [0.15, 0.2) is 22.8 Å². The van der Waals surface area contributed by atoms with Gasteiger partial charge in [-0.1, -0.05) is 20.3 Å². The van der Waals surface area contributed by atoms with Gasteiger partial charge in [-0.3, -0.25) is 0 Å². The lowest BCUT2D eigenvalue weighted by atomic mass is 10.1. The molecule has 0 saturated carbocycles. The summed E-state index contributed by atoms with van der Waals surface area (Å²) < 4.78 is 5.20. The first-order valence-corrected chi connectivity index (χ1v) is 5.06. The first kappa shape index (κ1) is 10.3. The van der Waals surface area contributed by atoms with Gasteiger partial charge in [0.15, 0.2) is 0 Å². The summed E-state index contributed by atoms with van der Waals surface area (Å²) in [5, 5.41) is 3.36. The number of hydrogen-bond donors (Lipinski definition) is 1. The molecule has 0 saturated heterocycles. The Bertz CT molecular complexity index is 206. The first-order valence-electron chi connectivity index (χ1n) is 5.06. The lowest BCUT2D eigenvalue weighted by Gasteiger charge is -2.07. The van der Waals surface area contributed by atoms with Gasteiger partial charge in [0.05, 0.1) is 12.8 Å². The maximum absolute atomic E-state index is 5.20. The van der Waals surface area contributed by atoms with Crippen LogP contribution in [0.25, 0.3) is 0 Å². The van der Waals surface area contributed by atoms with E-state index in [4.69, 9.17) is 4.42 Å². The van der Waals surface area contributed by atoms with E-state index in [-0.39, 0.29) is 0 Å². The van der Waals surface area contributed by atoms with E-state index >= 15 is 0 Å². The quantitative estimate of drug-likeness (QED) is 0.683. The second-order valence-corrected chi connectivity index (χ2v) is 3.56. The van der Waals surface area contributed by atoms with Gasteiger partial charge in [0.2, 0.25) is 0 Å². The Labute approximate surface area is 80.3 Å². The van der Waals surface area contributed by atoms with E-state index in [0.29, 0.717) is 0 Å². The summed E-state index contributed by atoms with van der Waals surface area (Å²) >= 11 is 0. The van der Waals surface area contributed by atoms with Gasteiger partial charge in [0.25, 0.3) is 0 Å². The second-order valence-electron chi connectivity index (χ2n) is 3.56. The minimum atomic E-state index is 0.823. The molecule has 2 heteroatoms. The van der Waals surface area contributed by atoms with Crippen molar-refractivity contribution >= 4 is 0 Å². The highest BCUT2D eigenvalue weighted by atomic mass is 16.3. The molecule has 13 heavy (non-hydrogen) atoms. The van der Waals surface area contributed by atoms with E-state index in [1.807, 2.05) is 12.1 Å². The molecule has 0 radical (unpaired) electrons. The Hall–Kier alpha value is -0.760. The van der Waals surface area contributed by atoms with E-state index < -0.39 is 0 Å². The zero-order chi connectivity index (χ0) is 9.52. The number of hydrogen-bond acceptors (Lipinski definition) is 2. The van der Waals surface area contributed by atoms with E-state index in [2.05, 4.69) is 19.2 Å². The van der Waals surface area contributed by atoms with Gasteiger partial charge in [-0.15, -0.1) is 0 Å². The summed E-state index contributed by atoms with van der Waals surface area (Å²) in [6.45, 7) is 6.45. The molecule has 1 unspecified atom stereocenters. The van der Waals surface area contributed by atoms with E-state index in [1.54, 1.807) is 6.26 Å². The van der Waals surface area contributed by atoms with Crippen LogP contribution < -0.4 is 5.32 Å². The van der Waals surface area contributed by atoms with Crippen LogP contribution in [-0.4, -0.2) is 6.54 Å². The molecular weight excluding hydrogens is 162 g/mol. The van der Waals surface area contributed by atoms with Crippen LogP contribution in [0, 0.1) is 5.92 Å². The van der Waals surface area contributed by atoms with Crippen molar-refractivity contribution < 1.29 is 4.42 Å². The molecule has 1 atom stereocenters. The standard InChI is InChI=1S/C11H19NO/c1-3-10(2)6-7-12-9-11-5-4-8-13-11/h4-5,8,10,12H,3,6-7,9H2,1-2H3. The molecule has 0 aromatic carbocycles. The molecule has 0 aliphatic rings. The predicted molar refractivity (Wildman–Crippen MR) is 54.5 cm³/mol. The molecule has 1 aromatic heterocycles. The Morgan fingerprint density at radius 3 is 3.00 bits per heavy atom. The summed E-state index contributed by atoms with van der Waals surface area (Å²) in [4.78, 5) is 0. The molecule has 74 valence electrons. The zero-order valence-corrected chi connectivity index (χ0v) is 8.55. The fraction of sp³-hybridized carbons (Fsp3) is 0.636. The van der Waals surface area contributed by atoms with Gasteiger partial charge in [-0.2, -0.15) is 0 Å². The lowest BCUT2D eigenvalue weighted by Crippen LogP contribution is -2.16. The number of rotatable bonds is 6. The molecule has 0 amide bonds. The van der Waals surface area contributed by atoms with Crippen molar-refractivity contribution in [1.82, 2.24) is 5.32 Å². The van der Waals surface area contributed by atoms with Crippen molar-refractivity contribution in [2.75, 3.05) is 6.54 Å². The highest BCUT2D eigenvalue weighted by Crippen LogP contribution is 2.05. The fourth-order valence-electron chi connectivity index (χ4n) is 1.18. The van der Waals surface area contributed by atoms with Crippen molar-refractivity contribution in [1.29, 1.82) is 0 Å². The first-order chi connectivity index (χ1) is 6.33.